The Bertz CT molecular complexity index is 1120. The molecule has 0 aliphatic carbocycles. The molecule has 0 aliphatic heterocycles. The molecule has 3 aromatic rings. The van der Waals surface area contributed by atoms with Crippen molar-refractivity contribution >= 4 is 10.0 Å². The second kappa shape index (κ2) is 6.91. The summed E-state index contributed by atoms with van der Waals surface area (Å²) < 4.78 is 82.0. The van der Waals surface area contributed by atoms with E-state index in [0.717, 1.165) is 28.9 Å². The summed E-state index contributed by atoms with van der Waals surface area (Å²) in [7, 11) is -2.71. The first-order chi connectivity index (χ1) is 13.0. The third-order valence-electron chi connectivity index (χ3n) is 3.86. The van der Waals surface area contributed by atoms with Crippen molar-refractivity contribution in [1.82, 2.24) is 9.78 Å². The summed E-state index contributed by atoms with van der Waals surface area (Å²) in [5.74, 6) is -0.825. The van der Waals surface area contributed by atoms with Crippen LogP contribution in [0.4, 0.5) is 17.6 Å². The zero-order chi connectivity index (χ0) is 20.7. The average Bonchev–Trinajstić information content (AvgIpc) is 3.07. The van der Waals surface area contributed by atoms with Crippen LogP contribution < -0.4 is 9.88 Å². The lowest BCUT2D eigenvalue weighted by molar-refractivity contribution is -0.141. The number of rotatable bonds is 4. The maximum Gasteiger partial charge on any atom is 0.435 e. The van der Waals surface area contributed by atoms with Crippen LogP contribution in [0, 0.1) is 5.82 Å². The van der Waals surface area contributed by atoms with Gasteiger partial charge in [0.2, 0.25) is 10.0 Å². The molecule has 2 aromatic carbocycles. The van der Waals surface area contributed by atoms with Crippen molar-refractivity contribution in [3.05, 3.63) is 60.0 Å². The number of aromatic nitrogens is 2. The third-order valence-corrected chi connectivity index (χ3v) is 4.79. The van der Waals surface area contributed by atoms with Crippen molar-refractivity contribution in [1.29, 1.82) is 0 Å². The summed E-state index contributed by atoms with van der Waals surface area (Å²) >= 11 is 0. The molecule has 0 aliphatic rings. The van der Waals surface area contributed by atoms with Crippen LogP contribution in [0.25, 0.3) is 16.9 Å². The molecule has 11 heteroatoms. The van der Waals surface area contributed by atoms with Gasteiger partial charge in [-0.3, -0.25) is 0 Å². The molecular weight excluding hydrogens is 402 g/mol. The number of methoxy groups -OCH3 is 1. The first-order valence-electron chi connectivity index (χ1n) is 7.65. The minimum absolute atomic E-state index is 0.0442. The van der Waals surface area contributed by atoms with Crippen molar-refractivity contribution in [2.75, 3.05) is 7.11 Å². The van der Waals surface area contributed by atoms with Gasteiger partial charge in [0.05, 0.1) is 23.4 Å². The van der Waals surface area contributed by atoms with Crippen LogP contribution in [0.1, 0.15) is 5.69 Å². The van der Waals surface area contributed by atoms with E-state index in [2.05, 4.69) is 5.10 Å². The Morgan fingerprint density at radius 2 is 1.71 bits per heavy atom. The number of ether oxygens (including phenoxy) is 1. The summed E-state index contributed by atoms with van der Waals surface area (Å²) in [6, 6.07) is 9.22. The van der Waals surface area contributed by atoms with E-state index < -0.39 is 27.7 Å². The van der Waals surface area contributed by atoms with Crippen LogP contribution in [0.15, 0.2) is 53.4 Å². The molecule has 1 heterocycles. The highest BCUT2D eigenvalue weighted by atomic mass is 32.2. The van der Waals surface area contributed by atoms with E-state index in [9.17, 15) is 26.0 Å². The van der Waals surface area contributed by atoms with Gasteiger partial charge in [0.15, 0.2) is 17.3 Å². The molecule has 0 fully saturated rings. The molecule has 0 bridgehead atoms. The minimum Gasteiger partial charge on any atom is -0.494 e. The Morgan fingerprint density at radius 1 is 1.07 bits per heavy atom. The molecule has 0 saturated carbocycles. The Labute approximate surface area is 157 Å². The number of halogens is 4. The molecule has 28 heavy (non-hydrogen) atoms. The monoisotopic (exact) mass is 415 g/mol. The molecule has 0 unspecified atom stereocenters. The fourth-order valence-corrected chi connectivity index (χ4v) is 3.04. The lowest BCUT2D eigenvalue weighted by Gasteiger charge is -2.09. The second-order valence-corrected chi connectivity index (χ2v) is 7.27. The summed E-state index contributed by atoms with van der Waals surface area (Å²) in [6.45, 7) is 0. The average molecular weight is 415 g/mol. The molecular formula is C17H13F4N3O3S. The first-order valence-corrected chi connectivity index (χ1v) is 9.20. The van der Waals surface area contributed by atoms with E-state index in [1.807, 2.05) is 0 Å². The van der Waals surface area contributed by atoms with Crippen LogP contribution in [-0.4, -0.2) is 25.3 Å². The number of hydrogen-bond donors (Lipinski definition) is 1. The van der Waals surface area contributed by atoms with E-state index in [0.29, 0.717) is 0 Å². The molecule has 0 saturated heterocycles. The van der Waals surface area contributed by atoms with Gasteiger partial charge in [-0.15, -0.1) is 0 Å². The van der Waals surface area contributed by atoms with Gasteiger partial charge in [0.25, 0.3) is 0 Å². The van der Waals surface area contributed by atoms with E-state index in [1.54, 1.807) is 0 Å². The van der Waals surface area contributed by atoms with Gasteiger partial charge < -0.3 is 4.74 Å². The van der Waals surface area contributed by atoms with Crippen LogP contribution in [0.5, 0.6) is 5.75 Å². The lowest BCUT2D eigenvalue weighted by Crippen LogP contribution is -2.12. The Morgan fingerprint density at radius 3 is 2.21 bits per heavy atom. The quantitative estimate of drug-likeness (QED) is 0.662. The zero-order valence-corrected chi connectivity index (χ0v) is 15.1. The topological polar surface area (TPSA) is 87.2 Å². The van der Waals surface area contributed by atoms with Crippen molar-refractivity contribution in [2.24, 2.45) is 5.14 Å². The predicted octanol–water partition coefficient (Wildman–Crippen LogP) is 3.35. The molecule has 1 aromatic heterocycles. The van der Waals surface area contributed by atoms with Gasteiger partial charge in [0.1, 0.15) is 0 Å². The number of sulfonamides is 1. The number of alkyl halides is 3. The van der Waals surface area contributed by atoms with Crippen LogP contribution >= 0.6 is 0 Å². The smallest absolute Gasteiger partial charge is 0.435 e. The van der Waals surface area contributed by atoms with Gasteiger partial charge in [-0.05, 0) is 48.5 Å². The van der Waals surface area contributed by atoms with Gasteiger partial charge in [-0.25, -0.2) is 22.6 Å². The highest BCUT2D eigenvalue weighted by molar-refractivity contribution is 7.89. The predicted molar refractivity (Wildman–Crippen MR) is 91.9 cm³/mol. The second-order valence-electron chi connectivity index (χ2n) is 5.71. The summed E-state index contributed by atoms with van der Waals surface area (Å²) in [5, 5.41) is 8.57. The first kappa shape index (κ1) is 19.8. The summed E-state index contributed by atoms with van der Waals surface area (Å²) in [4.78, 5) is -0.212. The minimum atomic E-state index is -4.73. The number of benzene rings is 2. The standard InChI is InChI=1S/C17H13F4N3O3S/c1-27-15-7-2-10(8-13(15)18)14-9-16(17(19,20)21)23-24(14)11-3-5-12(6-4-11)28(22,25)26/h2-9H,1H3,(H2,22,25,26). The number of primary sulfonamides is 1. The summed E-state index contributed by atoms with van der Waals surface area (Å²) in [6.07, 6.45) is -4.73. The molecule has 0 radical (unpaired) electrons. The number of hydrogen-bond acceptors (Lipinski definition) is 4. The molecule has 0 atom stereocenters. The molecule has 0 amide bonds. The van der Waals surface area contributed by atoms with E-state index >= 15 is 0 Å². The van der Waals surface area contributed by atoms with Gasteiger partial charge >= 0.3 is 6.18 Å². The maximum absolute atomic E-state index is 14.0. The maximum atomic E-state index is 14.0. The molecule has 6 nitrogen and oxygen atoms in total. The Kier molecular flexibility index (Phi) is 4.90. The Balaban J connectivity index is 2.18. The van der Waals surface area contributed by atoms with E-state index in [1.165, 1.54) is 31.4 Å². The van der Waals surface area contributed by atoms with Gasteiger partial charge in [0, 0.05) is 5.56 Å². The van der Waals surface area contributed by atoms with Crippen molar-refractivity contribution in [3.63, 3.8) is 0 Å². The van der Waals surface area contributed by atoms with E-state index in [4.69, 9.17) is 9.88 Å². The lowest BCUT2D eigenvalue weighted by atomic mass is 10.1. The van der Waals surface area contributed by atoms with E-state index in [-0.39, 0.29) is 27.6 Å². The Hall–Kier alpha value is -2.92. The van der Waals surface area contributed by atoms with Crippen LogP contribution in [-0.2, 0) is 16.2 Å². The molecule has 0 spiro atoms. The fourth-order valence-electron chi connectivity index (χ4n) is 2.52. The van der Waals surface area contributed by atoms with Gasteiger partial charge in [-0.1, -0.05) is 0 Å². The van der Waals surface area contributed by atoms with Gasteiger partial charge in [-0.2, -0.15) is 18.3 Å². The fraction of sp³-hybridized carbons (Fsp3) is 0.118. The van der Waals surface area contributed by atoms with Crippen LogP contribution in [0.3, 0.4) is 0 Å². The SMILES string of the molecule is COc1ccc(-c2cc(C(F)(F)F)nn2-c2ccc(S(N)(=O)=O)cc2)cc1F. The van der Waals surface area contributed by atoms with Crippen LogP contribution in [0.2, 0.25) is 0 Å². The van der Waals surface area contributed by atoms with Crippen molar-refractivity contribution < 1.29 is 30.7 Å². The molecule has 148 valence electrons. The highest BCUT2D eigenvalue weighted by Gasteiger charge is 2.35. The van der Waals surface area contributed by atoms with Crippen molar-refractivity contribution in [3.8, 4) is 22.7 Å². The third kappa shape index (κ3) is 3.85. The number of nitrogens with zero attached hydrogens (tertiary/aromatic N) is 2. The molecule has 2 N–H and O–H groups in total. The largest absolute Gasteiger partial charge is 0.494 e. The zero-order valence-electron chi connectivity index (χ0n) is 14.2. The van der Waals surface area contributed by atoms with Crippen molar-refractivity contribution in [2.45, 2.75) is 11.1 Å². The normalized spacial score (nSPS) is 12.2. The molecule has 3 rings (SSSR count). The number of nitrogens with two attached hydrogens (primary N) is 1. The summed E-state index contributed by atoms with van der Waals surface area (Å²) in [5.41, 5.74) is -0.975. The highest BCUT2D eigenvalue weighted by Crippen LogP contribution is 2.34.